The third-order valence-electron chi connectivity index (χ3n) is 6.06. The second-order valence-corrected chi connectivity index (χ2v) is 7.29. The molecule has 4 nitrogen and oxygen atoms in total. The molecule has 4 fully saturated rings. The molecule has 1 saturated carbocycles. The maximum absolute atomic E-state index is 12.8. The summed E-state index contributed by atoms with van der Waals surface area (Å²) >= 11 is 0. The van der Waals surface area contributed by atoms with Crippen molar-refractivity contribution < 1.29 is 14.6 Å². The first-order valence-corrected chi connectivity index (χ1v) is 8.87. The average Bonchev–Trinajstić information content (AvgIpc) is 3.06. The molecule has 1 aliphatic carbocycles. The van der Waals surface area contributed by atoms with Crippen molar-refractivity contribution in [3.05, 3.63) is 12.2 Å². The Labute approximate surface area is 133 Å². The zero-order chi connectivity index (χ0) is 15.7. The van der Waals surface area contributed by atoms with Crippen LogP contribution >= 0.6 is 0 Å². The lowest BCUT2D eigenvalue weighted by atomic mass is 9.80. The zero-order valence-electron chi connectivity index (χ0n) is 13.8. The Morgan fingerprint density at radius 2 is 1.86 bits per heavy atom. The molecule has 1 N–H and O–H groups in total. The molecule has 3 atom stereocenters. The molecule has 2 bridgehead atoms. The highest BCUT2D eigenvalue weighted by Crippen LogP contribution is 2.39. The van der Waals surface area contributed by atoms with Crippen molar-refractivity contribution in [3.8, 4) is 0 Å². The van der Waals surface area contributed by atoms with Gasteiger partial charge in [-0.15, -0.1) is 0 Å². The number of carbonyl (C=O) groups excluding carboxylic acids is 1. The smallest absolute Gasteiger partial charge is 0.342 e. The first-order chi connectivity index (χ1) is 10.6. The van der Waals surface area contributed by atoms with E-state index in [2.05, 4.69) is 11.8 Å². The SMILES string of the molecule is CC=CC(O)(C(=O)O[C@@H]1C2CCN(CC2)[C@@H]1C)C1CCCC1. The minimum absolute atomic E-state index is 0.00703. The Bertz CT molecular complexity index is 434. The minimum atomic E-state index is -1.43. The summed E-state index contributed by atoms with van der Waals surface area (Å²) in [7, 11) is 0. The normalized spacial score (nSPS) is 38.3. The van der Waals surface area contributed by atoms with E-state index in [1.807, 2.05) is 6.92 Å². The molecular formula is C18H29NO3. The van der Waals surface area contributed by atoms with Crippen LogP contribution in [-0.4, -0.2) is 46.8 Å². The largest absolute Gasteiger partial charge is 0.458 e. The molecule has 3 heterocycles. The van der Waals surface area contributed by atoms with Crippen LogP contribution in [0.4, 0.5) is 0 Å². The van der Waals surface area contributed by atoms with E-state index in [4.69, 9.17) is 4.74 Å². The number of piperidine rings is 3. The summed E-state index contributed by atoms with van der Waals surface area (Å²) in [4.78, 5) is 15.2. The number of fused-ring (bicyclic) bond motifs is 3. The van der Waals surface area contributed by atoms with Gasteiger partial charge in [-0.3, -0.25) is 4.90 Å². The fourth-order valence-electron chi connectivity index (χ4n) is 4.66. The van der Waals surface area contributed by atoms with Crippen molar-refractivity contribution in [2.75, 3.05) is 13.1 Å². The summed E-state index contributed by atoms with van der Waals surface area (Å²) in [6.07, 6.45) is 9.57. The molecule has 124 valence electrons. The van der Waals surface area contributed by atoms with Crippen LogP contribution in [0.5, 0.6) is 0 Å². The second kappa shape index (κ2) is 6.32. The number of nitrogens with zero attached hydrogens (tertiary/aromatic N) is 1. The first-order valence-electron chi connectivity index (χ1n) is 8.87. The molecule has 0 aromatic carbocycles. The number of hydrogen-bond donors (Lipinski definition) is 1. The van der Waals surface area contributed by atoms with Gasteiger partial charge in [0.15, 0.2) is 5.60 Å². The monoisotopic (exact) mass is 307 g/mol. The summed E-state index contributed by atoms with van der Waals surface area (Å²) in [6, 6.07) is 0.273. The molecule has 4 rings (SSSR count). The van der Waals surface area contributed by atoms with Gasteiger partial charge in [-0.25, -0.2) is 4.79 Å². The summed E-state index contributed by atoms with van der Waals surface area (Å²) in [5.41, 5.74) is -1.43. The fraction of sp³-hybridized carbons (Fsp3) is 0.833. The van der Waals surface area contributed by atoms with Gasteiger partial charge in [0.25, 0.3) is 0 Å². The summed E-state index contributed by atoms with van der Waals surface area (Å²) in [5.74, 6) is 0.0399. The highest BCUT2D eigenvalue weighted by Gasteiger charge is 2.48. The van der Waals surface area contributed by atoms with Gasteiger partial charge in [-0.05, 0) is 64.6 Å². The van der Waals surface area contributed by atoms with Gasteiger partial charge < -0.3 is 9.84 Å². The number of ether oxygens (including phenoxy) is 1. The second-order valence-electron chi connectivity index (χ2n) is 7.29. The van der Waals surface area contributed by atoms with Crippen LogP contribution in [0, 0.1) is 11.8 Å². The number of allylic oxidation sites excluding steroid dienone is 1. The van der Waals surface area contributed by atoms with Crippen molar-refractivity contribution in [3.63, 3.8) is 0 Å². The van der Waals surface area contributed by atoms with Gasteiger partial charge in [0.2, 0.25) is 0 Å². The van der Waals surface area contributed by atoms with Gasteiger partial charge in [0.1, 0.15) is 6.10 Å². The van der Waals surface area contributed by atoms with Gasteiger partial charge in [-0.2, -0.15) is 0 Å². The molecule has 3 aliphatic heterocycles. The third kappa shape index (κ3) is 2.71. The van der Waals surface area contributed by atoms with Crippen molar-refractivity contribution >= 4 is 5.97 Å². The average molecular weight is 307 g/mol. The maximum atomic E-state index is 12.8. The van der Waals surface area contributed by atoms with Crippen LogP contribution in [0.25, 0.3) is 0 Å². The van der Waals surface area contributed by atoms with E-state index in [0.717, 1.165) is 51.6 Å². The molecule has 22 heavy (non-hydrogen) atoms. The van der Waals surface area contributed by atoms with E-state index in [0.29, 0.717) is 5.92 Å². The predicted molar refractivity (Wildman–Crippen MR) is 85.4 cm³/mol. The molecule has 0 spiro atoms. The molecule has 0 aromatic heterocycles. The standard InChI is InChI=1S/C18H29NO3/c1-3-10-18(21,15-6-4-5-7-15)17(20)22-16-13(2)19-11-8-14(16)9-12-19/h3,10,13-16,21H,4-9,11-12H2,1-2H3/t13-,16+,18?/m1/s1. The van der Waals surface area contributed by atoms with Crippen molar-refractivity contribution in [2.45, 2.75) is 70.1 Å². The van der Waals surface area contributed by atoms with E-state index in [1.54, 1.807) is 12.2 Å². The number of esters is 1. The number of carbonyl (C=O) groups is 1. The lowest BCUT2D eigenvalue weighted by Gasteiger charge is -2.49. The van der Waals surface area contributed by atoms with Crippen molar-refractivity contribution in [2.24, 2.45) is 11.8 Å². The van der Waals surface area contributed by atoms with Crippen LogP contribution in [0.2, 0.25) is 0 Å². The number of hydrogen-bond acceptors (Lipinski definition) is 4. The molecule has 1 unspecified atom stereocenters. The quantitative estimate of drug-likeness (QED) is 0.640. The van der Waals surface area contributed by atoms with Crippen LogP contribution in [0.1, 0.15) is 52.4 Å². The first kappa shape index (κ1) is 16.0. The summed E-state index contributed by atoms with van der Waals surface area (Å²) in [6.45, 7) is 6.22. The van der Waals surface area contributed by atoms with Crippen LogP contribution in [0.15, 0.2) is 12.2 Å². The molecule has 4 aliphatic rings. The molecular weight excluding hydrogens is 278 g/mol. The van der Waals surface area contributed by atoms with E-state index in [9.17, 15) is 9.90 Å². The lowest BCUT2D eigenvalue weighted by Crippen LogP contribution is -2.59. The highest BCUT2D eigenvalue weighted by molar-refractivity contribution is 5.82. The number of aliphatic hydroxyl groups is 1. The Kier molecular flexibility index (Phi) is 4.60. The summed E-state index contributed by atoms with van der Waals surface area (Å²) in [5, 5.41) is 11.0. The van der Waals surface area contributed by atoms with E-state index >= 15 is 0 Å². The Hall–Kier alpha value is -0.870. The Morgan fingerprint density at radius 1 is 1.23 bits per heavy atom. The lowest BCUT2D eigenvalue weighted by molar-refractivity contribution is -0.185. The van der Waals surface area contributed by atoms with Crippen LogP contribution in [0.3, 0.4) is 0 Å². The molecule has 0 aromatic rings. The van der Waals surface area contributed by atoms with Crippen molar-refractivity contribution in [1.29, 1.82) is 0 Å². The minimum Gasteiger partial charge on any atom is -0.458 e. The van der Waals surface area contributed by atoms with Gasteiger partial charge in [0.05, 0.1) is 0 Å². The van der Waals surface area contributed by atoms with Crippen LogP contribution in [-0.2, 0) is 9.53 Å². The van der Waals surface area contributed by atoms with E-state index < -0.39 is 11.6 Å². The maximum Gasteiger partial charge on any atom is 0.342 e. The van der Waals surface area contributed by atoms with E-state index in [1.165, 1.54) is 0 Å². The van der Waals surface area contributed by atoms with Crippen LogP contribution < -0.4 is 0 Å². The zero-order valence-corrected chi connectivity index (χ0v) is 13.8. The fourth-order valence-corrected chi connectivity index (χ4v) is 4.66. The topological polar surface area (TPSA) is 49.8 Å². The predicted octanol–water partition coefficient (Wildman–Crippen LogP) is 2.51. The Balaban J connectivity index is 1.73. The molecule has 3 saturated heterocycles. The van der Waals surface area contributed by atoms with Gasteiger partial charge >= 0.3 is 5.97 Å². The van der Waals surface area contributed by atoms with E-state index in [-0.39, 0.29) is 18.1 Å². The number of rotatable bonds is 4. The van der Waals surface area contributed by atoms with Gasteiger partial charge in [0, 0.05) is 12.0 Å². The van der Waals surface area contributed by atoms with Crippen molar-refractivity contribution in [1.82, 2.24) is 4.90 Å². The molecule has 4 heteroatoms. The highest BCUT2D eigenvalue weighted by atomic mass is 16.6. The van der Waals surface area contributed by atoms with Gasteiger partial charge in [-0.1, -0.05) is 18.9 Å². The molecule has 0 radical (unpaired) electrons. The Morgan fingerprint density at radius 3 is 2.41 bits per heavy atom. The summed E-state index contributed by atoms with van der Waals surface area (Å²) < 4.78 is 5.89. The third-order valence-corrected chi connectivity index (χ3v) is 6.06. The molecule has 0 amide bonds.